The van der Waals surface area contributed by atoms with Crippen LogP contribution in [-0.4, -0.2) is 54.4 Å². The summed E-state index contributed by atoms with van der Waals surface area (Å²) in [6.07, 6.45) is 1.51. The van der Waals surface area contributed by atoms with Crippen LogP contribution in [0.25, 0.3) is 0 Å². The molecule has 0 radical (unpaired) electrons. The summed E-state index contributed by atoms with van der Waals surface area (Å²) in [6.45, 7) is 10.9. The number of benzene rings is 1. The summed E-state index contributed by atoms with van der Waals surface area (Å²) < 4.78 is 0. The van der Waals surface area contributed by atoms with Crippen molar-refractivity contribution in [1.82, 2.24) is 15.1 Å². The molecular formula is C19H31IN4O. The molecule has 0 saturated heterocycles. The van der Waals surface area contributed by atoms with Crippen LogP contribution < -0.4 is 5.32 Å². The van der Waals surface area contributed by atoms with Gasteiger partial charge in [-0.2, -0.15) is 0 Å². The Morgan fingerprint density at radius 1 is 1.20 bits per heavy atom. The highest BCUT2D eigenvalue weighted by Crippen LogP contribution is 2.18. The van der Waals surface area contributed by atoms with E-state index < -0.39 is 0 Å². The number of carbonyl (C=O) groups excluding carboxylic acids is 1. The molecule has 1 aliphatic heterocycles. The molecule has 0 saturated carbocycles. The molecule has 5 nitrogen and oxygen atoms in total. The minimum absolute atomic E-state index is 0. The molecule has 6 heteroatoms. The van der Waals surface area contributed by atoms with Crippen molar-refractivity contribution >= 4 is 35.8 Å². The van der Waals surface area contributed by atoms with E-state index in [0.29, 0.717) is 13.0 Å². The Morgan fingerprint density at radius 3 is 2.52 bits per heavy atom. The Hall–Kier alpha value is -1.31. The number of halogens is 1. The van der Waals surface area contributed by atoms with Gasteiger partial charge < -0.3 is 15.1 Å². The molecular weight excluding hydrogens is 427 g/mol. The fourth-order valence-electron chi connectivity index (χ4n) is 3.09. The van der Waals surface area contributed by atoms with Gasteiger partial charge in [0.2, 0.25) is 5.91 Å². The molecule has 1 aliphatic rings. The van der Waals surface area contributed by atoms with Gasteiger partial charge in [0.15, 0.2) is 5.96 Å². The van der Waals surface area contributed by atoms with Crippen molar-refractivity contribution in [3.63, 3.8) is 0 Å². The summed E-state index contributed by atoms with van der Waals surface area (Å²) in [6, 6.07) is 8.59. The van der Waals surface area contributed by atoms with E-state index >= 15 is 0 Å². The molecule has 25 heavy (non-hydrogen) atoms. The van der Waals surface area contributed by atoms with Gasteiger partial charge in [0.25, 0.3) is 0 Å². The van der Waals surface area contributed by atoms with Gasteiger partial charge in [-0.05, 0) is 38.3 Å². The average molecular weight is 458 g/mol. The highest BCUT2D eigenvalue weighted by molar-refractivity contribution is 14.0. The van der Waals surface area contributed by atoms with Crippen molar-refractivity contribution in [2.75, 3.05) is 32.7 Å². The van der Waals surface area contributed by atoms with E-state index in [0.717, 1.165) is 45.1 Å². The smallest absolute Gasteiger partial charge is 0.224 e. The lowest BCUT2D eigenvalue weighted by Gasteiger charge is -2.31. The second kappa shape index (κ2) is 11.3. The Balaban J connectivity index is 0.00000312. The standard InChI is InChI=1S/C19H30N4O.HI/c1-4-20-19(21-13-11-18(24)22(5-2)6-3)23-14-12-16-9-7-8-10-17(16)15-23;/h7-10H,4-6,11-15H2,1-3H3,(H,20,21);1H. The number of amides is 1. The zero-order valence-electron chi connectivity index (χ0n) is 15.6. The third-order valence-corrected chi connectivity index (χ3v) is 4.47. The molecule has 0 unspecified atom stereocenters. The zero-order chi connectivity index (χ0) is 17.4. The van der Waals surface area contributed by atoms with Gasteiger partial charge in [0, 0.05) is 39.1 Å². The fraction of sp³-hybridized carbons (Fsp3) is 0.579. The first-order valence-electron chi connectivity index (χ1n) is 9.07. The Bertz CT molecular complexity index is 572. The maximum Gasteiger partial charge on any atom is 0.224 e. The molecule has 1 heterocycles. The molecule has 0 aliphatic carbocycles. The van der Waals surface area contributed by atoms with Crippen molar-refractivity contribution < 1.29 is 4.79 Å². The second-order valence-corrected chi connectivity index (χ2v) is 5.99. The van der Waals surface area contributed by atoms with Crippen molar-refractivity contribution in [3.05, 3.63) is 35.4 Å². The number of aliphatic imine (C=N–C) groups is 1. The molecule has 0 atom stereocenters. The van der Waals surface area contributed by atoms with E-state index in [9.17, 15) is 4.79 Å². The number of hydrogen-bond acceptors (Lipinski definition) is 2. The molecule has 1 N–H and O–H groups in total. The maximum atomic E-state index is 12.1. The van der Waals surface area contributed by atoms with Crippen molar-refractivity contribution in [1.29, 1.82) is 0 Å². The maximum absolute atomic E-state index is 12.1. The van der Waals surface area contributed by atoms with Crippen LogP contribution in [0, 0.1) is 0 Å². The minimum Gasteiger partial charge on any atom is -0.357 e. The fourth-order valence-corrected chi connectivity index (χ4v) is 3.09. The van der Waals surface area contributed by atoms with Gasteiger partial charge in [-0.3, -0.25) is 9.79 Å². The summed E-state index contributed by atoms with van der Waals surface area (Å²) in [5.74, 6) is 1.10. The van der Waals surface area contributed by atoms with Crippen LogP contribution in [0.3, 0.4) is 0 Å². The van der Waals surface area contributed by atoms with Crippen LogP contribution in [0.5, 0.6) is 0 Å². The van der Waals surface area contributed by atoms with E-state index in [1.54, 1.807) is 0 Å². The largest absolute Gasteiger partial charge is 0.357 e. The molecule has 0 spiro atoms. The SMILES string of the molecule is CCNC(=NCCC(=O)N(CC)CC)N1CCc2ccccc2C1.I. The summed E-state index contributed by atoms with van der Waals surface area (Å²) in [5.41, 5.74) is 2.80. The number of hydrogen-bond donors (Lipinski definition) is 1. The lowest BCUT2D eigenvalue weighted by atomic mass is 10.0. The Morgan fingerprint density at radius 2 is 1.88 bits per heavy atom. The topological polar surface area (TPSA) is 47.9 Å². The van der Waals surface area contributed by atoms with Gasteiger partial charge in [0.1, 0.15) is 0 Å². The summed E-state index contributed by atoms with van der Waals surface area (Å²) in [7, 11) is 0. The normalized spacial score (nSPS) is 13.7. The molecule has 1 aromatic rings. The van der Waals surface area contributed by atoms with E-state index in [2.05, 4.69) is 46.4 Å². The van der Waals surface area contributed by atoms with Crippen LogP contribution in [-0.2, 0) is 17.8 Å². The van der Waals surface area contributed by atoms with Gasteiger partial charge in [-0.1, -0.05) is 24.3 Å². The van der Waals surface area contributed by atoms with E-state index in [-0.39, 0.29) is 29.9 Å². The lowest BCUT2D eigenvalue weighted by Crippen LogP contribution is -2.44. The Kier molecular flexibility index (Phi) is 9.85. The third kappa shape index (κ3) is 6.17. The first kappa shape index (κ1) is 21.7. The van der Waals surface area contributed by atoms with Crippen molar-refractivity contribution in [2.45, 2.75) is 40.2 Å². The summed E-state index contributed by atoms with van der Waals surface area (Å²) >= 11 is 0. The molecule has 1 amide bonds. The molecule has 0 fully saturated rings. The molecule has 0 aromatic heterocycles. The predicted molar refractivity (Wildman–Crippen MR) is 114 cm³/mol. The van der Waals surface area contributed by atoms with Crippen LogP contribution in [0.15, 0.2) is 29.3 Å². The van der Waals surface area contributed by atoms with Crippen LogP contribution in [0.2, 0.25) is 0 Å². The van der Waals surface area contributed by atoms with Crippen molar-refractivity contribution in [2.24, 2.45) is 4.99 Å². The number of nitrogens with zero attached hydrogens (tertiary/aromatic N) is 3. The van der Waals surface area contributed by atoms with Crippen LogP contribution in [0.4, 0.5) is 0 Å². The van der Waals surface area contributed by atoms with Gasteiger partial charge in [0.05, 0.1) is 6.54 Å². The van der Waals surface area contributed by atoms with E-state index in [1.807, 2.05) is 18.7 Å². The average Bonchev–Trinajstić information content (AvgIpc) is 2.61. The van der Waals surface area contributed by atoms with E-state index in [4.69, 9.17) is 0 Å². The Labute approximate surface area is 168 Å². The third-order valence-electron chi connectivity index (χ3n) is 4.47. The minimum atomic E-state index is 0. The van der Waals surface area contributed by atoms with E-state index in [1.165, 1.54) is 11.1 Å². The van der Waals surface area contributed by atoms with Gasteiger partial charge in [-0.15, -0.1) is 24.0 Å². The second-order valence-electron chi connectivity index (χ2n) is 5.99. The highest BCUT2D eigenvalue weighted by atomic mass is 127. The number of carbonyl (C=O) groups is 1. The van der Waals surface area contributed by atoms with Crippen LogP contribution >= 0.6 is 24.0 Å². The number of rotatable bonds is 6. The molecule has 1 aromatic carbocycles. The molecule has 140 valence electrons. The highest BCUT2D eigenvalue weighted by Gasteiger charge is 2.18. The summed E-state index contributed by atoms with van der Waals surface area (Å²) in [4.78, 5) is 20.9. The predicted octanol–water partition coefficient (Wildman–Crippen LogP) is 2.89. The van der Waals surface area contributed by atoms with Gasteiger partial charge >= 0.3 is 0 Å². The number of guanidine groups is 1. The molecule has 2 rings (SSSR count). The first-order chi connectivity index (χ1) is 11.7. The summed E-state index contributed by atoms with van der Waals surface area (Å²) in [5, 5.41) is 3.37. The quantitative estimate of drug-likeness (QED) is 0.405. The van der Waals surface area contributed by atoms with Gasteiger partial charge in [-0.25, -0.2) is 0 Å². The van der Waals surface area contributed by atoms with Crippen LogP contribution in [0.1, 0.15) is 38.3 Å². The number of nitrogens with one attached hydrogen (secondary N) is 1. The number of fused-ring (bicyclic) bond motifs is 1. The zero-order valence-corrected chi connectivity index (χ0v) is 18.0. The first-order valence-corrected chi connectivity index (χ1v) is 9.07. The van der Waals surface area contributed by atoms with Crippen molar-refractivity contribution in [3.8, 4) is 0 Å². The lowest BCUT2D eigenvalue weighted by molar-refractivity contribution is -0.130. The monoisotopic (exact) mass is 458 g/mol. The molecule has 0 bridgehead atoms.